The molecule has 2 saturated heterocycles. The first-order valence-electron chi connectivity index (χ1n) is 5.20. The summed E-state index contributed by atoms with van der Waals surface area (Å²) in [7, 11) is 2.16. The third kappa shape index (κ3) is 1.60. The highest BCUT2D eigenvalue weighted by Crippen LogP contribution is 2.29. The van der Waals surface area contributed by atoms with Gasteiger partial charge in [-0.2, -0.15) is 0 Å². The normalized spacial score (nSPS) is 36.9. The van der Waals surface area contributed by atoms with Gasteiger partial charge in [0.05, 0.1) is 0 Å². The topological polar surface area (TPSA) is 18.5 Å². The summed E-state index contributed by atoms with van der Waals surface area (Å²) in [4.78, 5) is 2.60. The van der Waals surface area contributed by atoms with Gasteiger partial charge in [0.2, 0.25) is 0 Å². The lowest BCUT2D eigenvalue weighted by atomic mass is 10.1. The van der Waals surface area contributed by atoms with E-state index in [1.807, 2.05) is 0 Å². The first kappa shape index (κ1) is 9.44. The summed E-state index contributed by atoms with van der Waals surface area (Å²) in [6, 6.07) is 0.735. The van der Waals surface area contributed by atoms with Crippen molar-refractivity contribution in [2.24, 2.45) is 5.92 Å². The Balaban J connectivity index is 2.03. The van der Waals surface area contributed by atoms with Crippen molar-refractivity contribution in [2.45, 2.75) is 32.4 Å². The Kier molecular flexibility index (Phi) is 2.13. The summed E-state index contributed by atoms with van der Waals surface area (Å²) in [5.74, 6) is 0.837. The highest BCUT2D eigenvalue weighted by atomic mass is 15.6. The number of rotatable bonds is 0. The number of nitrogens with one attached hydrogen (secondary N) is 1. The maximum atomic E-state index is 3.40. The molecule has 3 nitrogen and oxygen atoms in total. The molecule has 3 heteroatoms. The second-order valence-corrected chi connectivity index (χ2v) is 5.38. The minimum Gasteiger partial charge on any atom is -0.296 e. The molecule has 76 valence electrons. The van der Waals surface area contributed by atoms with Gasteiger partial charge in [-0.15, -0.1) is 0 Å². The van der Waals surface area contributed by atoms with Gasteiger partial charge >= 0.3 is 0 Å². The van der Waals surface area contributed by atoms with Crippen LogP contribution in [0.2, 0.25) is 0 Å². The fourth-order valence-corrected chi connectivity index (χ4v) is 2.42. The summed E-state index contributed by atoms with van der Waals surface area (Å²) in [6.45, 7) is 10.6. The van der Waals surface area contributed by atoms with Gasteiger partial charge in [0.1, 0.15) is 0 Å². The maximum Gasteiger partial charge on any atom is 0.0420 e. The van der Waals surface area contributed by atoms with Gasteiger partial charge in [-0.25, -0.2) is 5.01 Å². The Hall–Kier alpha value is -0.120. The maximum absolute atomic E-state index is 3.40. The first-order chi connectivity index (χ1) is 5.98. The Bertz CT molecular complexity index is 197. The molecule has 0 amide bonds. The van der Waals surface area contributed by atoms with Crippen molar-refractivity contribution in [3.05, 3.63) is 0 Å². The molecule has 0 aromatic heterocycles. The van der Waals surface area contributed by atoms with Crippen LogP contribution >= 0.6 is 0 Å². The number of hydrogen-bond acceptors (Lipinski definition) is 3. The van der Waals surface area contributed by atoms with Crippen molar-refractivity contribution in [3.8, 4) is 0 Å². The van der Waals surface area contributed by atoms with Crippen LogP contribution in [-0.4, -0.2) is 48.2 Å². The molecule has 2 unspecified atom stereocenters. The zero-order valence-corrected chi connectivity index (χ0v) is 9.17. The zero-order chi connectivity index (χ0) is 9.64. The number of nitrogens with zero attached hydrogens (tertiary/aromatic N) is 2. The van der Waals surface area contributed by atoms with Gasteiger partial charge in [-0.3, -0.25) is 10.3 Å². The highest BCUT2D eigenvalue weighted by Gasteiger charge is 2.42. The van der Waals surface area contributed by atoms with E-state index in [4.69, 9.17) is 0 Å². The van der Waals surface area contributed by atoms with Crippen LogP contribution in [-0.2, 0) is 0 Å². The second kappa shape index (κ2) is 2.94. The van der Waals surface area contributed by atoms with Crippen molar-refractivity contribution in [1.29, 1.82) is 0 Å². The lowest BCUT2D eigenvalue weighted by Gasteiger charge is -2.33. The summed E-state index contributed by atoms with van der Waals surface area (Å²) in [5, 5.41) is 2.29. The quantitative estimate of drug-likeness (QED) is 0.591. The fourth-order valence-electron chi connectivity index (χ4n) is 2.42. The molecule has 1 N–H and O–H groups in total. The summed E-state index contributed by atoms with van der Waals surface area (Å²) in [6.07, 6.45) is 0. The van der Waals surface area contributed by atoms with Crippen LogP contribution in [0.4, 0.5) is 0 Å². The second-order valence-electron chi connectivity index (χ2n) is 5.38. The van der Waals surface area contributed by atoms with Gasteiger partial charge in [0.15, 0.2) is 0 Å². The van der Waals surface area contributed by atoms with Crippen LogP contribution in [0.1, 0.15) is 20.8 Å². The van der Waals surface area contributed by atoms with E-state index in [-0.39, 0.29) is 0 Å². The smallest absolute Gasteiger partial charge is 0.0420 e. The van der Waals surface area contributed by atoms with E-state index in [9.17, 15) is 0 Å². The lowest BCUT2D eigenvalue weighted by molar-refractivity contribution is 0.138. The van der Waals surface area contributed by atoms with Crippen molar-refractivity contribution in [1.82, 2.24) is 15.3 Å². The molecule has 0 radical (unpaired) electrons. The van der Waals surface area contributed by atoms with Crippen molar-refractivity contribution in [3.63, 3.8) is 0 Å². The number of likely N-dealkylation sites (N-methyl/N-ethyl adjacent to an activating group) is 1. The van der Waals surface area contributed by atoms with E-state index < -0.39 is 0 Å². The van der Waals surface area contributed by atoms with Gasteiger partial charge in [0.25, 0.3) is 0 Å². The molecular formula is C10H21N3. The van der Waals surface area contributed by atoms with E-state index in [2.05, 4.69) is 43.2 Å². The Morgan fingerprint density at radius 1 is 1.23 bits per heavy atom. The largest absolute Gasteiger partial charge is 0.296 e. The highest BCUT2D eigenvalue weighted by molar-refractivity contribution is 4.97. The van der Waals surface area contributed by atoms with E-state index in [0.717, 1.165) is 18.5 Å². The predicted molar refractivity (Wildman–Crippen MR) is 54.4 cm³/mol. The van der Waals surface area contributed by atoms with Crippen molar-refractivity contribution >= 4 is 0 Å². The Morgan fingerprint density at radius 2 is 1.92 bits per heavy atom. The van der Waals surface area contributed by atoms with Crippen LogP contribution < -0.4 is 5.43 Å². The van der Waals surface area contributed by atoms with Gasteiger partial charge in [-0.05, 0) is 20.8 Å². The molecule has 0 spiro atoms. The lowest BCUT2D eigenvalue weighted by Crippen LogP contribution is -2.44. The molecule has 2 aliphatic rings. The van der Waals surface area contributed by atoms with E-state index in [0.29, 0.717) is 5.54 Å². The van der Waals surface area contributed by atoms with Gasteiger partial charge in [-0.1, -0.05) is 0 Å². The monoisotopic (exact) mass is 183 g/mol. The molecule has 0 saturated carbocycles. The molecule has 2 atom stereocenters. The van der Waals surface area contributed by atoms with E-state index >= 15 is 0 Å². The fraction of sp³-hybridized carbons (Fsp3) is 1.00. The molecule has 2 rings (SSSR count). The number of hydrogen-bond donors (Lipinski definition) is 1. The predicted octanol–water partition coefficient (Wildman–Crippen LogP) is 0.535. The molecule has 2 aliphatic heterocycles. The molecule has 2 fully saturated rings. The standard InChI is InChI=1S/C10H21N3/c1-10(2,3)13-6-8-5-11-12(4)9(8)7-13/h8-9,11H,5-7H2,1-4H3. The molecule has 0 aromatic carbocycles. The Labute approximate surface area is 81.1 Å². The Morgan fingerprint density at radius 3 is 2.46 bits per heavy atom. The SMILES string of the molecule is CN1NCC2CN(C(C)(C)C)CC21. The average Bonchev–Trinajstić information content (AvgIpc) is 2.51. The third-order valence-corrected chi connectivity index (χ3v) is 3.46. The summed E-state index contributed by atoms with van der Waals surface area (Å²) >= 11 is 0. The first-order valence-corrected chi connectivity index (χ1v) is 5.20. The average molecular weight is 183 g/mol. The van der Waals surface area contributed by atoms with Crippen LogP contribution in [0.3, 0.4) is 0 Å². The number of fused-ring (bicyclic) bond motifs is 1. The van der Waals surface area contributed by atoms with Gasteiger partial charge < -0.3 is 0 Å². The minimum atomic E-state index is 0.338. The number of likely N-dealkylation sites (tertiary alicyclic amines) is 1. The van der Waals surface area contributed by atoms with Gasteiger partial charge in [0, 0.05) is 44.2 Å². The summed E-state index contributed by atoms with van der Waals surface area (Å²) < 4.78 is 0. The minimum absolute atomic E-state index is 0.338. The van der Waals surface area contributed by atoms with Crippen molar-refractivity contribution in [2.75, 3.05) is 26.7 Å². The molecule has 13 heavy (non-hydrogen) atoms. The zero-order valence-electron chi connectivity index (χ0n) is 9.17. The van der Waals surface area contributed by atoms with Crippen LogP contribution in [0.25, 0.3) is 0 Å². The molecular weight excluding hydrogens is 162 g/mol. The van der Waals surface area contributed by atoms with E-state index in [1.165, 1.54) is 13.1 Å². The molecule has 2 heterocycles. The molecule has 0 aromatic rings. The molecule has 0 aliphatic carbocycles. The number of hydrazine groups is 1. The summed E-state index contributed by atoms with van der Waals surface area (Å²) in [5.41, 5.74) is 3.74. The van der Waals surface area contributed by atoms with Crippen LogP contribution in [0.15, 0.2) is 0 Å². The van der Waals surface area contributed by atoms with Crippen LogP contribution in [0, 0.1) is 5.92 Å². The third-order valence-electron chi connectivity index (χ3n) is 3.46. The van der Waals surface area contributed by atoms with E-state index in [1.54, 1.807) is 0 Å². The van der Waals surface area contributed by atoms with Crippen LogP contribution in [0.5, 0.6) is 0 Å². The molecule has 0 bridgehead atoms. The van der Waals surface area contributed by atoms with Crippen molar-refractivity contribution < 1.29 is 0 Å².